The molecular formula is C60H74ClFN8O10S. The minimum absolute atomic E-state index is 0.00294. The van der Waals surface area contributed by atoms with Crippen LogP contribution < -0.4 is 15.5 Å². The number of benzene rings is 4. The zero-order valence-corrected chi connectivity index (χ0v) is 48.4. The highest BCUT2D eigenvalue weighted by Gasteiger charge is 2.42. The number of thiazole rings is 1. The van der Waals surface area contributed by atoms with Gasteiger partial charge in [0.15, 0.2) is 5.82 Å². The second kappa shape index (κ2) is 29.0. The van der Waals surface area contributed by atoms with Gasteiger partial charge in [-0.25, -0.2) is 19.3 Å². The van der Waals surface area contributed by atoms with Crippen LogP contribution in [0.3, 0.4) is 0 Å². The minimum Gasteiger partial charge on any atom is -0.508 e. The fraction of sp³-hybridized carbons (Fsp3) is 0.483. The van der Waals surface area contributed by atoms with Gasteiger partial charge < -0.3 is 54.1 Å². The molecule has 0 spiro atoms. The number of piperazine rings is 1. The number of ether oxygens (including phenoxy) is 5. The van der Waals surface area contributed by atoms with Crippen LogP contribution >= 0.6 is 22.9 Å². The summed E-state index contributed by atoms with van der Waals surface area (Å²) < 4.78 is 44.4. The van der Waals surface area contributed by atoms with Crippen molar-refractivity contribution in [2.45, 2.75) is 84.8 Å². The van der Waals surface area contributed by atoms with Crippen molar-refractivity contribution in [3.8, 4) is 27.3 Å². The van der Waals surface area contributed by atoms with Crippen molar-refractivity contribution in [2.24, 2.45) is 5.41 Å². The molecule has 2 fully saturated rings. The number of aromatic hydroxyl groups is 1. The molecule has 0 aliphatic carbocycles. The molecule has 0 unspecified atom stereocenters. The Morgan fingerprint density at radius 3 is 2.14 bits per heavy atom. The molecule has 3 atom stereocenters. The lowest BCUT2D eigenvalue weighted by Gasteiger charge is -2.36. The zero-order chi connectivity index (χ0) is 57.5. The predicted molar refractivity (Wildman–Crippen MR) is 311 cm³/mol. The van der Waals surface area contributed by atoms with Crippen LogP contribution in [-0.4, -0.2) is 164 Å². The number of aryl methyl sites for hydroxylation is 1. The quantitative estimate of drug-likeness (QED) is 0.0413. The number of nitrogens with zero attached hydrogens (tertiary/aromatic N) is 6. The molecule has 434 valence electrons. The molecule has 4 amide bonds. The van der Waals surface area contributed by atoms with Crippen molar-refractivity contribution >= 4 is 74.1 Å². The number of aromatic nitrogens is 3. The highest BCUT2D eigenvalue weighted by Crippen LogP contribution is 2.42. The van der Waals surface area contributed by atoms with Crippen molar-refractivity contribution in [1.82, 2.24) is 35.4 Å². The first-order chi connectivity index (χ1) is 39.1. The Hall–Kier alpha value is -6.39. The summed E-state index contributed by atoms with van der Waals surface area (Å²) in [5, 5.41) is 18.6. The van der Waals surface area contributed by atoms with E-state index in [2.05, 4.69) is 25.6 Å². The number of hydrogen-bond donors (Lipinski definition) is 3. The minimum atomic E-state index is -0.861. The van der Waals surface area contributed by atoms with Gasteiger partial charge >= 0.3 is 0 Å². The van der Waals surface area contributed by atoms with Gasteiger partial charge in [-0.15, -0.1) is 11.3 Å². The average molecular weight is 1150 g/mol. The van der Waals surface area contributed by atoms with Gasteiger partial charge in [0.25, 0.3) is 0 Å². The standard InChI is InChI=1S/C60H74ClFN8O10S/c1-39(41-15-17-42(18-16-41)55-40(2)65-38-81-55)66-58(74)49-13-10-19-70(49)59(75)56(60(3,4)5)67-50(72)36-80-32-31-79-30-29-78-28-27-77-26-25-76-24-9-8-14-51(73)68-20-22-69(23-21-68)57-47-35-48(61)52(53(62)54(47)63-37-64-57)46-34-44(71)33-43-11-6-7-12-45(43)46/h6-7,11-12,15-18,33-35,37-39,49,56,71H,8-10,13-14,19-32,36H2,1-5H3,(H,66,74)(H,67,72)/t39-,49-,56+/m0/s1. The van der Waals surface area contributed by atoms with Crippen molar-refractivity contribution in [3.63, 3.8) is 0 Å². The van der Waals surface area contributed by atoms with Crippen LogP contribution in [0.15, 0.2) is 78.6 Å². The molecule has 4 heterocycles. The molecule has 81 heavy (non-hydrogen) atoms. The Kier molecular flexibility index (Phi) is 21.8. The van der Waals surface area contributed by atoms with Crippen LogP contribution in [0.1, 0.15) is 77.1 Å². The van der Waals surface area contributed by atoms with Gasteiger partial charge in [-0.05, 0) is 90.6 Å². The monoisotopic (exact) mass is 1150 g/mol. The summed E-state index contributed by atoms with van der Waals surface area (Å²) in [4.78, 5) is 73.4. The Bertz CT molecular complexity index is 3100. The third-order valence-corrected chi connectivity index (χ3v) is 15.8. The highest BCUT2D eigenvalue weighted by atomic mass is 35.5. The smallest absolute Gasteiger partial charge is 0.246 e. The van der Waals surface area contributed by atoms with Crippen LogP contribution in [0, 0.1) is 18.2 Å². The molecule has 2 saturated heterocycles. The second-order valence-corrected chi connectivity index (χ2v) is 22.6. The normalized spacial score (nSPS) is 15.6. The molecule has 0 radical (unpaired) electrons. The summed E-state index contributed by atoms with van der Waals surface area (Å²) in [7, 11) is 0. The fourth-order valence-corrected chi connectivity index (χ4v) is 11.3. The van der Waals surface area contributed by atoms with E-state index in [1.807, 2.05) is 98.5 Å². The molecule has 2 aliphatic heterocycles. The average Bonchev–Trinajstić information content (AvgIpc) is 4.16. The van der Waals surface area contributed by atoms with Crippen molar-refractivity contribution < 1.29 is 52.4 Å². The van der Waals surface area contributed by atoms with Crippen LogP contribution in [-0.2, 0) is 42.9 Å². The maximum Gasteiger partial charge on any atom is 0.246 e. The largest absolute Gasteiger partial charge is 0.508 e. The van der Waals surface area contributed by atoms with Crippen molar-refractivity contribution in [1.29, 1.82) is 0 Å². The Balaban J connectivity index is 0.625. The van der Waals surface area contributed by atoms with Crippen molar-refractivity contribution in [2.75, 3.05) is 104 Å². The zero-order valence-electron chi connectivity index (χ0n) is 46.8. The number of rotatable bonds is 27. The first-order valence-electron chi connectivity index (χ1n) is 27.8. The number of likely N-dealkylation sites (tertiary alicyclic amines) is 1. The molecule has 2 aliphatic rings. The summed E-state index contributed by atoms with van der Waals surface area (Å²) in [5.74, 6) is -0.913. The van der Waals surface area contributed by atoms with Crippen LogP contribution in [0.5, 0.6) is 5.75 Å². The number of halogens is 2. The molecule has 0 saturated carbocycles. The Morgan fingerprint density at radius 1 is 0.802 bits per heavy atom. The lowest BCUT2D eigenvalue weighted by atomic mass is 9.85. The number of unbranched alkanes of at least 4 members (excludes halogenated alkanes) is 1. The molecule has 21 heteroatoms. The first kappa shape index (κ1) is 60.7. The molecule has 4 aromatic carbocycles. The summed E-state index contributed by atoms with van der Waals surface area (Å²) in [5.41, 5.74) is 4.97. The van der Waals surface area contributed by atoms with Crippen LogP contribution in [0.2, 0.25) is 5.02 Å². The van der Waals surface area contributed by atoms with Gasteiger partial charge in [0.2, 0.25) is 23.6 Å². The van der Waals surface area contributed by atoms with E-state index in [4.69, 9.17) is 35.3 Å². The van der Waals surface area contributed by atoms with Gasteiger partial charge in [0, 0.05) is 56.7 Å². The van der Waals surface area contributed by atoms with E-state index in [1.54, 1.807) is 28.4 Å². The maximum atomic E-state index is 16.3. The number of amides is 4. The summed E-state index contributed by atoms with van der Waals surface area (Å²) in [6.07, 6.45) is 4.40. The molecule has 3 N–H and O–H groups in total. The van der Waals surface area contributed by atoms with Gasteiger partial charge in [0.1, 0.15) is 42.1 Å². The van der Waals surface area contributed by atoms with E-state index >= 15 is 4.39 Å². The lowest BCUT2D eigenvalue weighted by molar-refractivity contribution is -0.144. The summed E-state index contributed by atoms with van der Waals surface area (Å²) in [6.45, 7) is 15.0. The summed E-state index contributed by atoms with van der Waals surface area (Å²) in [6, 6.07) is 18.5. The number of phenolic OH excluding ortho intramolecular Hbond substituents is 1. The highest BCUT2D eigenvalue weighted by molar-refractivity contribution is 7.13. The molecule has 0 bridgehead atoms. The molecular weight excluding hydrogens is 1080 g/mol. The number of carbonyl (C=O) groups is 4. The fourth-order valence-electron chi connectivity index (χ4n) is 10.2. The van der Waals surface area contributed by atoms with E-state index in [-0.39, 0.29) is 65.4 Å². The lowest BCUT2D eigenvalue weighted by Crippen LogP contribution is -2.58. The Labute approximate surface area is 481 Å². The van der Waals surface area contributed by atoms with Crippen LogP contribution in [0.4, 0.5) is 10.2 Å². The number of anilines is 1. The van der Waals surface area contributed by atoms with Gasteiger partial charge in [-0.2, -0.15) is 0 Å². The molecule has 6 aromatic rings. The molecule has 8 rings (SSSR count). The molecule has 18 nitrogen and oxygen atoms in total. The summed E-state index contributed by atoms with van der Waals surface area (Å²) >= 11 is 8.37. The number of fused-ring (bicyclic) bond motifs is 2. The topological polar surface area (TPSA) is 207 Å². The van der Waals surface area contributed by atoms with E-state index in [9.17, 15) is 24.3 Å². The van der Waals surface area contributed by atoms with E-state index < -0.39 is 29.2 Å². The van der Waals surface area contributed by atoms with Crippen LogP contribution in [0.25, 0.3) is 43.2 Å². The number of carbonyl (C=O) groups excluding carboxylic acids is 4. The third-order valence-electron chi connectivity index (χ3n) is 14.5. The third kappa shape index (κ3) is 16.0. The number of hydrogen-bond acceptors (Lipinski definition) is 15. The van der Waals surface area contributed by atoms with Gasteiger partial charge in [-0.1, -0.05) is 80.9 Å². The van der Waals surface area contributed by atoms with E-state index in [1.165, 1.54) is 12.4 Å². The SMILES string of the molecule is Cc1ncsc1-c1ccc([C@H](C)NC(=O)[C@@H]2CCCN2C(=O)[C@@H](NC(=O)COCCOCCOCCOCCOCCCCC(=O)N2CCN(c3ncnc4c(F)c(-c5cc(O)cc6ccccc56)c(Cl)cc34)CC2)C(C)(C)C)cc1. The second-order valence-electron chi connectivity index (χ2n) is 21.4. The van der Waals surface area contributed by atoms with Gasteiger partial charge in [0.05, 0.1) is 80.0 Å². The number of phenols is 1. The Morgan fingerprint density at radius 2 is 1.47 bits per heavy atom. The van der Waals surface area contributed by atoms with E-state index in [0.29, 0.717) is 121 Å². The first-order valence-corrected chi connectivity index (χ1v) is 29.0. The van der Waals surface area contributed by atoms with E-state index in [0.717, 1.165) is 38.9 Å². The van der Waals surface area contributed by atoms with Crippen molar-refractivity contribution in [3.05, 3.63) is 101 Å². The number of nitrogens with one attached hydrogen (secondary N) is 2. The maximum absolute atomic E-state index is 16.3. The van der Waals surface area contributed by atoms with Gasteiger partial charge in [-0.3, -0.25) is 19.2 Å². The predicted octanol–water partition coefficient (Wildman–Crippen LogP) is 8.68. The molecule has 2 aromatic heterocycles.